The number of rotatable bonds is 8. The number of carbonyl (C=O) groups is 1. The highest BCUT2D eigenvalue weighted by Crippen LogP contribution is 2.30. The molecule has 10 heteroatoms. The van der Waals surface area contributed by atoms with E-state index in [-0.39, 0.29) is 11.2 Å². The number of nitrogens with one attached hydrogen (secondary N) is 2. The first-order valence-electron chi connectivity index (χ1n) is 6.98. The van der Waals surface area contributed by atoms with Crippen molar-refractivity contribution in [1.82, 2.24) is 10.2 Å². The van der Waals surface area contributed by atoms with Crippen LogP contribution in [0.2, 0.25) is 10.0 Å². The molecular formula is C14H16Cl2N4O2S2. The van der Waals surface area contributed by atoms with Crippen LogP contribution in [0.1, 0.15) is 6.92 Å². The fourth-order valence-corrected chi connectivity index (χ4v) is 4.00. The van der Waals surface area contributed by atoms with E-state index < -0.39 is 0 Å². The minimum Gasteiger partial charge on any atom is -0.383 e. The van der Waals surface area contributed by atoms with Crippen molar-refractivity contribution < 1.29 is 9.53 Å². The summed E-state index contributed by atoms with van der Waals surface area (Å²) in [4.78, 5) is 12.3. The van der Waals surface area contributed by atoms with Crippen molar-refractivity contribution in [3.05, 3.63) is 28.2 Å². The molecule has 0 spiro atoms. The summed E-state index contributed by atoms with van der Waals surface area (Å²) in [5, 5.41) is 15.2. The van der Waals surface area contributed by atoms with Gasteiger partial charge in [0.2, 0.25) is 11.0 Å². The van der Waals surface area contributed by atoms with Gasteiger partial charge in [0, 0.05) is 18.7 Å². The third kappa shape index (κ3) is 5.78. The lowest BCUT2D eigenvalue weighted by atomic mass is 10.3. The van der Waals surface area contributed by atoms with Gasteiger partial charge >= 0.3 is 0 Å². The summed E-state index contributed by atoms with van der Waals surface area (Å²) in [7, 11) is 1.64. The smallest absolute Gasteiger partial charge is 0.237 e. The monoisotopic (exact) mass is 406 g/mol. The van der Waals surface area contributed by atoms with Crippen LogP contribution in [-0.4, -0.2) is 41.6 Å². The molecule has 0 saturated heterocycles. The number of benzene rings is 1. The zero-order valence-corrected chi connectivity index (χ0v) is 16.2. The third-order valence-electron chi connectivity index (χ3n) is 2.82. The van der Waals surface area contributed by atoms with Gasteiger partial charge in [0.1, 0.15) is 0 Å². The maximum absolute atomic E-state index is 12.3. The molecule has 6 nitrogen and oxygen atoms in total. The van der Waals surface area contributed by atoms with Crippen molar-refractivity contribution in [2.75, 3.05) is 30.9 Å². The Balaban J connectivity index is 1.89. The van der Waals surface area contributed by atoms with E-state index in [1.807, 2.05) is 0 Å². The van der Waals surface area contributed by atoms with Crippen LogP contribution in [0.5, 0.6) is 0 Å². The number of aromatic nitrogens is 2. The molecule has 0 saturated carbocycles. The van der Waals surface area contributed by atoms with Gasteiger partial charge in [-0.15, -0.1) is 10.2 Å². The Hall–Kier alpha value is -1.06. The lowest BCUT2D eigenvalue weighted by Gasteiger charge is -2.11. The highest BCUT2D eigenvalue weighted by Gasteiger charge is 2.18. The molecule has 130 valence electrons. The number of thioether (sulfide) groups is 1. The predicted molar refractivity (Wildman–Crippen MR) is 101 cm³/mol. The molecule has 0 unspecified atom stereocenters. The Morgan fingerprint density at radius 2 is 2.21 bits per heavy atom. The Morgan fingerprint density at radius 3 is 2.92 bits per heavy atom. The average Bonchev–Trinajstić information content (AvgIpc) is 2.97. The highest BCUT2D eigenvalue weighted by molar-refractivity contribution is 8.02. The number of hydrogen-bond donors (Lipinski definition) is 2. The minimum absolute atomic E-state index is 0.173. The lowest BCUT2D eigenvalue weighted by molar-refractivity contribution is -0.115. The summed E-state index contributed by atoms with van der Waals surface area (Å²) >= 11 is 14.6. The summed E-state index contributed by atoms with van der Waals surface area (Å²) in [6, 6.07) is 4.92. The number of anilines is 2. The number of ether oxygens (including phenoxy) is 1. The molecule has 1 amide bonds. The summed E-state index contributed by atoms with van der Waals surface area (Å²) in [6.07, 6.45) is 0. The second kappa shape index (κ2) is 9.43. The number of methoxy groups -OCH3 is 1. The van der Waals surface area contributed by atoms with Gasteiger partial charge in [0.25, 0.3) is 0 Å². The van der Waals surface area contributed by atoms with Crippen LogP contribution in [0.25, 0.3) is 0 Å². The lowest BCUT2D eigenvalue weighted by Crippen LogP contribution is -2.22. The van der Waals surface area contributed by atoms with Gasteiger partial charge in [-0.2, -0.15) is 0 Å². The molecule has 0 aliphatic rings. The van der Waals surface area contributed by atoms with Crippen molar-refractivity contribution in [2.24, 2.45) is 0 Å². The van der Waals surface area contributed by atoms with Gasteiger partial charge in [-0.1, -0.05) is 46.3 Å². The fourth-order valence-electron chi connectivity index (χ4n) is 1.62. The molecule has 2 aromatic rings. The van der Waals surface area contributed by atoms with Crippen LogP contribution in [0.15, 0.2) is 22.5 Å². The molecule has 0 bridgehead atoms. The van der Waals surface area contributed by atoms with E-state index in [1.165, 1.54) is 23.1 Å². The molecule has 0 radical (unpaired) electrons. The van der Waals surface area contributed by atoms with E-state index in [0.717, 1.165) is 0 Å². The quantitative estimate of drug-likeness (QED) is 0.509. The normalized spacial score (nSPS) is 12.0. The van der Waals surface area contributed by atoms with Gasteiger partial charge in [-0.05, 0) is 25.1 Å². The number of carbonyl (C=O) groups excluding carboxylic acids is 1. The Labute approximate surface area is 158 Å². The largest absolute Gasteiger partial charge is 0.383 e. The van der Waals surface area contributed by atoms with Crippen molar-refractivity contribution in [1.29, 1.82) is 0 Å². The molecule has 2 N–H and O–H groups in total. The SMILES string of the molecule is COCCNc1nnc(S[C@@H](C)C(=O)Nc2ccc(Cl)cc2Cl)s1. The van der Waals surface area contributed by atoms with Crippen molar-refractivity contribution in [2.45, 2.75) is 16.5 Å². The molecule has 1 aromatic carbocycles. The van der Waals surface area contributed by atoms with E-state index >= 15 is 0 Å². The molecular weight excluding hydrogens is 391 g/mol. The second-order valence-electron chi connectivity index (χ2n) is 4.67. The van der Waals surface area contributed by atoms with Crippen LogP contribution in [0, 0.1) is 0 Å². The third-order valence-corrected chi connectivity index (χ3v) is 5.44. The van der Waals surface area contributed by atoms with Gasteiger partial charge in [0.05, 0.1) is 22.6 Å². The second-order valence-corrected chi connectivity index (χ2v) is 8.08. The summed E-state index contributed by atoms with van der Waals surface area (Å²) in [5.41, 5.74) is 0.526. The highest BCUT2D eigenvalue weighted by atomic mass is 35.5. The summed E-state index contributed by atoms with van der Waals surface area (Å²) < 4.78 is 5.66. The van der Waals surface area contributed by atoms with Gasteiger partial charge in [0.15, 0.2) is 4.34 Å². The maximum atomic E-state index is 12.3. The van der Waals surface area contributed by atoms with Gasteiger partial charge < -0.3 is 15.4 Å². The molecule has 1 heterocycles. The standard InChI is InChI=1S/C14H16Cl2N4O2S2/c1-8(12(21)18-11-4-3-9(15)7-10(11)16)23-14-20-19-13(24-14)17-5-6-22-2/h3-4,7-8H,5-6H2,1-2H3,(H,17,19)(H,18,21)/t8-/m0/s1. The zero-order valence-electron chi connectivity index (χ0n) is 13.0. The van der Waals surface area contributed by atoms with E-state index in [9.17, 15) is 4.79 Å². The van der Waals surface area contributed by atoms with Gasteiger partial charge in [-0.3, -0.25) is 4.79 Å². The van der Waals surface area contributed by atoms with Crippen molar-refractivity contribution >= 4 is 63.0 Å². The van der Waals surface area contributed by atoms with Crippen LogP contribution >= 0.6 is 46.3 Å². The molecule has 24 heavy (non-hydrogen) atoms. The van der Waals surface area contributed by atoms with Crippen LogP contribution in [0.3, 0.4) is 0 Å². The van der Waals surface area contributed by atoms with Crippen LogP contribution in [-0.2, 0) is 9.53 Å². The van der Waals surface area contributed by atoms with Crippen molar-refractivity contribution in [3.8, 4) is 0 Å². The maximum Gasteiger partial charge on any atom is 0.237 e. The first-order valence-corrected chi connectivity index (χ1v) is 9.43. The predicted octanol–water partition coefficient (Wildman–Crippen LogP) is 4.02. The average molecular weight is 407 g/mol. The van der Waals surface area contributed by atoms with Crippen LogP contribution < -0.4 is 10.6 Å². The van der Waals surface area contributed by atoms with Crippen LogP contribution in [0.4, 0.5) is 10.8 Å². The first-order chi connectivity index (χ1) is 11.5. The summed E-state index contributed by atoms with van der Waals surface area (Å²) in [6.45, 7) is 3.03. The number of hydrogen-bond acceptors (Lipinski definition) is 7. The molecule has 1 atom stereocenters. The summed E-state index contributed by atoms with van der Waals surface area (Å²) in [5.74, 6) is -0.173. The molecule has 1 aromatic heterocycles. The number of amides is 1. The number of halogens is 2. The minimum atomic E-state index is -0.350. The fraction of sp³-hybridized carbons (Fsp3) is 0.357. The first kappa shape index (κ1) is 19.3. The molecule has 0 fully saturated rings. The van der Waals surface area contributed by atoms with E-state index in [1.54, 1.807) is 32.2 Å². The Bertz CT molecular complexity index is 699. The Morgan fingerprint density at radius 1 is 1.42 bits per heavy atom. The van der Waals surface area contributed by atoms with E-state index in [0.29, 0.717) is 38.4 Å². The van der Waals surface area contributed by atoms with Gasteiger partial charge in [-0.25, -0.2) is 0 Å². The van der Waals surface area contributed by atoms with Crippen molar-refractivity contribution in [3.63, 3.8) is 0 Å². The molecule has 0 aliphatic heterocycles. The topological polar surface area (TPSA) is 76.1 Å². The Kier molecular flexibility index (Phi) is 7.57. The van der Waals surface area contributed by atoms with E-state index in [2.05, 4.69) is 20.8 Å². The number of nitrogens with zero attached hydrogens (tertiary/aromatic N) is 2. The molecule has 2 rings (SSSR count). The van der Waals surface area contributed by atoms with E-state index in [4.69, 9.17) is 27.9 Å². The molecule has 0 aliphatic carbocycles. The zero-order chi connectivity index (χ0) is 17.5.